The molecule has 1 aromatic rings. The van der Waals surface area contributed by atoms with Crippen LogP contribution in [0.25, 0.3) is 0 Å². The molecule has 1 aliphatic carbocycles. The summed E-state index contributed by atoms with van der Waals surface area (Å²) in [4.78, 5) is 12.6. The second kappa shape index (κ2) is 3.89. The van der Waals surface area contributed by atoms with Gasteiger partial charge >= 0.3 is 0 Å². The van der Waals surface area contributed by atoms with Gasteiger partial charge < -0.3 is 15.2 Å². The van der Waals surface area contributed by atoms with Gasteiger partial charge in [0.05, 0.1) is 0 Å². The minimum Gasteiger partial charge on any atom is -0.480 e. The van der Waals surface area contributed by atoms with Crippen molar-refractivity contribution in [2.45, 2.75) is 24.9 Å². The fraction of sp³-hybridized carbons (Fsp3) is 0.250. The fourth-order valence-electron chi connectivity index (χ4n) is 3.54. The van der Waals surface area contributed by atoms with E-state index in [0.29, 0.717) is 24.1 Å². The number of allylic oxidation sites excluding steroid dienone is 2. The van der Waals surface area contributed by atoms with E-state index >= 15 is 0 Å². The van der Waals surface area contributed by atoms with Crippen LogP contribution in [-0.2, 0) is 15.1 Å². The maximum absolute atomic E-state index is 12.6. The molecule has 2 heterocycles. The largest absolute Gasteiger partial charge is 0.480 e. The number of benzene rings is 1. The number of hydrogen-bond acceptors (Lipinski definition) is 4. The second-order valence-corrected chi connectivity index (χ2v) is 5.39. The molecule has 2 N–H and O–H groups in total. The lowest BCUT2D eigenvalue weighted by atomic mass is 9.82. The van der Waals surface area contributed by atoms with Crippen LogP contribution in [0.4, 0.5) is 5.69 Å². The Hall–Kier alpha value is -2.74. The van der Waals surface area contributed by atoms with Crippen LogP contribution < -0.4 is 5.32 Å². The third-order valence-corrected chi connectivity index (χ3v) is 4.39. The van der Waals surface area contributed by atoms with Crippen molar-refractivity contribution in [1.82, 2.24) is 0 Å². The summed E-state index contributed by atoms with van der Waals surface area (Å²) in [7, 11) is 0. The second-order valence-electron chi connectivity index (χ2n) is 5.39. The van der Waals surface area contributed by atoms with Crippen LogP contribution in [-0.4, -0.2) is 11.0 Å². The van der Waals surface area contributed by atoms with Gasteiger partial charge in [-0.15, -0.1) is 0 Å². The minimum absolute atomic E-state index is 0.158. The Morgan fingerprint density at radius 3 is 2.95 bits per heavy atom. The molecular formula is C16H12N2O3. The number of anilines is 1. The highest BCUT2D eigenvalue weighted by Gasteiger charge is 2.56. The van der Waals surface area contributed by atoms with Crippen molar-refractivity contribution in [3.8, 4) is 6.07 Å². The number of amides is 1. The zero-order valence-electron chi connectivity index (χ0n) is 11.1. The number of nitrogens with zero attached hydrogens (tertiary/aromatic N) is 1. The molecule has 3 aliphatic rings. The van der Waals surface area contributed by atoms with Gasteiger partial charge in [-0.05, 0) is 36.5 Å². The van der Waals surface area contributed by atoms with Crippen LogP contribution in [0.1, 0.15) is 24.8 Å². The monoisotopic (exact) mass is 280 g/mol. The van der Waals surface area contributed by atoms with Crippen LogP contribution in [0.5, 0.6) is 0 Å². The number of hydrogen-bond donors (Lipinski definition) is 2. The van der Waals surface area contributed by atoms with Gasteiger partial charge in [-0.3, -0.25) is 4.79 Å². The van der Waals surface area contributed by atoms with Gasteiger partial charge in [0.25, 0.3) is 11.9 Å². The van der Waals surface area contributed by atoms with E-state index in [1.165, 1.54) is 0 Å². The molecule has 1 atom stereocenters. The summed E-state index contributed by atoms with van der Waals surface area (Å²) < 4.78 is 5.63. The Kier molecular flexibility index (Phi) is 2.23. The molecule has 1 amide bonds. The van der Waals surface area contributed by atoms with E-state index in [1.54, 1.807) is 6.07 Å². The molecule has 0 radical (unpaired) electrons. The van der Waals surface area contributed by atoms with Crippen molar-refractivity contribution in [2.24, 2.45) is 0 Å². The van der Waals surface area contributed by atoms with E-state index in [1.807, 2.05) is 24.3 Å². The van der Waals surface area contributed by atoms with Crippen molar-refractivity contribution < 1.29 is 14.6 Å². The average Bonchev–Trinajstić information content (AvgIpc) is 3.05. The third-order valence-electron chi connectivity index (χ3n) is 4.39. The Morgan fingerprint density at radius 2 is 2.14 bits per heavy atom. The standard InChI is InChI=1S/C16H12N2O3/c17-8-10-9-4-3-6-11(9)16(21-14(10)19)12-5-1-2-7-13(12)18-15(16)20/h1-2,5,7,19H,3-4,6H2,(H,18,20). The van der Waals surface area contributed by atoms with E-state index < -0.39 is 11.5 Å². The summed E-state index contributed by atoms with van der Waals surface area (Å²) in [6, 6.07) is 9.28. The van der Waals surface area contributed by atoms with E-state index in [-0.39, 0.29) is 11.5 Å². The average molecular weight is 280 g/mol. The van der Waals surface area contributed by atoms with Crippen LogP contribution in [0, 0.1) is 11.3 Å². The van der Waals surface area contributed by atoms with Gasteiger partial charge in [-0.1, -0.05) is 18.2 Å². The summed E-state index contributed by atoms with van der Waals surface area (Å²) in [5.74, 6) is -0.758. The molecule has 0 saturated heterocycles. The quantitative estimate of drug-likeness (QED) is 0.765. The highest BCUT2D eigenvalue weighted by atomic mass is 16.6. The molecule has 5 nitrogen and oxygen atoms in total. The first-order valence-corrected chi connectivity index (χ1v) is 6.84. The zero-order valence-corrected chi connectivity index (χ0v) is 11.1. The number of carbonyl (C=O) groups excluding carboxylic acids is 1. The zero-order chi connectivity index (χ0) is 14.6. The number of fused-ring (bicyclic) bond motifs is 3. The Bertz CT molecular complexity index is 785. The first-order valence-electron chi connectivity index (χ1n) is 6.84. The summed E-state index contributed by atoms with van der Waals surface area (Å²) in [5.41, 5.74) is 1.80. The van der Waals surface area contributed by atoms with Crippen LogP contribution in [0.2, 0.25) is 0 Å². The van der Waals surface area contributed by atoms with Gasteiger partial charge in [0.15, 0.2) is 0 Å². The third kappa shape index (κ3) is 1.32. The smallest absolute Gasteiger partial charge is 0.297 e. The molecule has 1 aromatic carbocycles. The molecule has 4 rings (SSSR count). The van der Waals surface area contributed by atoms with Crippen LogP contribution in [0.3, 0.4) is 0 Å². The molecule has 1 spiro atoms. The highest BCUT2D eigenvalue weighted by Crippen LogP contribution is 2.53. The number of rotatable bonds is 0. The number of nitrogens with one attached hydrogen (secondary N) is 1. The number of carbonyl (C=O) groups is 1. The van der Waals surface area contributed by atoms with Gasteiger partial charge in [-0.2, -0.15) is 5.26 Å². The van der Waals surface area contributed by atoms with E-state index in [9.17, 15) is 15.2 Å². The molecule has 1 unspecified atom stereocenters. The van der Waals surface area contributed by atoms with E-state index in [2.05, 4.69) is 5.32 Å². The fourth-order valence-corrected chi connectivity index (χ4v) is 3.54. The highest BCUT2D eigenvalue weighted by molar-refractivity contribution is 6.08. The molecule has 0 fully saturated rings. The maximum Gasteiger partial charge on any atom is 0.297 e. The van der Waals surface area contributed by atoms with E-state index in [4.69, 9.17) is 4.74 Å². The minimum atomic E-state index is -1.31. The normalized spacial score (nSPS) is 26.3. The maximum atomic E-state index is 12.6. The molecule has 21 heavy (non-hydrogen) atoms. The number of para-hydroxylation sites is 1. The number of ether oxygens (including phenoxy) is 1. The van der Waals surface area contributed by atoms with Crippen molar-refractivity contribution in [2.75, 3.05) is 5.32 Å². The Labute approximate surface area is 121 Å². The van der Waals surface area contributed by atoms with Crippen LogP contribution >= 0.6 is 0 Å². The molecule has 104 valence electrons. The summed E-state index contributed by atoms with van der Waals surface area (Å²) in [6.07, 6.45) is 2.22. The van der Waals surface area contributed by atoms with Crippen molar-refractivity contribution in [3.63, 3.8) is 0 Å². The molecule has 0 bridgehead atoms. The number of aliphatic hydroxyl groups is 1. The number of nitriles is 1. The predicted molar refractivity (Wildman–Crippen MR) is 74.0 cm³/mol. The summed E-state index contributed by atoms with van der Waals surface area (Å²) in [6.45, 7) is 0. The van der Waals surface area contributed by atoms with Gasteiger partial charge in [0, 0.05) is 11.3 Å². The molecule has 0 saturated carbocycles. The number of aliphatic hydroxyl groups excluding tert-OH is 1. The van der Waals surface area contributed by atoms with Crippen molar-refractivity contribution in [3.05, 3.63) is 52.5 Å². The lowest BCUT2D eigenvalue weighted by Gasteiger charge is -2.33. The lowest BCUT2D eigenvalue weighted by molar-refractivity contribution is -0.137. The Balaban J connectivity index is 2.01. The first kappa shape index (κ1) is 12.0. The molecular weight excluding hydrogens is 268 g/mol. The van der Waals surface area contributed by atoms with Gasteiger partial charge in [0.2, 0.25) is 5.60 Å². The summed E-state index contributed by atoms with van der Waals surface area (Å²) >= 11 is 0. The molecule has 0 aromatic heterocycles. The topological polar surface area (TPSA) is 82.3 Å². The predicted octanol–water partition coefficient (Wildman–Crippen LogP) is 2.64. The lowest BCUT2D eigenvalue weighted by Crippen LogP contribution is -2.41. The van der Waals surface area contributed by atoms with Crippen molar-refractivity contribution >= 4 is 11.6 Å². The van der Waals surface area contributed by atoms with Gasteiger partial charge in [0.1, 0.15) is 11.6 Å². The van der Waals surface area contributed by atoms with Gasteiger partial charge in [-0.25, -0.2) is 0 Å². The van der Waals surface area contributed by atoms with Crippen LogP contribution in [0.15, 0.2) is 46.9 Å². The van der Waals surface area contributed by atoms with Crippen molar-refractivity contribution in [1.29, 1.82) is 5.26 Å². The Morgan fingerprint density at radius 1 is 1.33 bits per heavy atom. The van der Waals surface area contributed by atoms with E-state index in [0.717, 1.165) is 17.6 Å². The first-order chi connectivity index (χ1) is 10.2. The molecule has 5 heteroatoms. The summed E-state index contributed by atoms with van der Waals surface area (Å²) in [5, 5.41) is 22.1. The SMILES string of the molecule is N#CC1=C(O)OC2(C(=O)Nc3ccccc32)C2=C1CCC2. The molecule has 2 aliphatic heterocycles.